The number of carbonyl (C=O) groups is 1. The van der Waals surface area contributed by atoms with Crippen LogP contribution in [-0.2, 0) is 0 Å². The topological polar surface area (TPSA) is 62.7 Å². The van der Waals surface area contributed by atoms with Crippen molar-refractivity contribution in [2.24, 2.45) is 0 Å². The SMILES string of the molecule is CCC(NC(=O)c1cc(Br)cn1C(C)C)c1ncc[nH]1. The van der Waals surface area contributed by atoms with E-state index >= 15 is 0 Å². The van der Waals surface area contributed by atoms with E-state index in [1.165, 1.54) is 0 Å². The zero-order valence-corrected chi connectivity index (χ0v) is 13.4. The molecule has 2 aromatic heterocycles. The fraction of sp³-hybridized carbons (Fsp3) is 0.429. The summed E-state index contributed by atoms with van der Waals surface area (Å²) in [6.07, 6.45) is 6.16. The lowest BCUT2D eigenvalue weighted by molar-refractivity contribution is 0.0923. The summed E-state index contributed by atoms with van der Waals surface area (Å²) in [7, 11) is 0. The van der Waals surface area contributed by atoms with Gasteiger partial charge in [0.15, 0.2) is 0 Å². The Balaban J connectivity index is 2.19. The van der Waals surface area contributed by atoms with E-state index in [0.29, 0.717) is 5.69 Å². The minimum absolute atomic E-state index is 0.0901. The molecule has 0 spiro atoms. The molecule has 0 saturated carbocycles. The summed E-state index contributed by atoms with van der Waals surface area (Å²) in [6.45, 7) is 6.12. The van der Waals surface area contributed by atoms with E-state index < -0.39 is 0 Å². The van der Waals surface area contributed by atoms with Crippen molar-refractivity contribution >= 4 is 21.8 Å². The van der Waals surface area contributed by atoms with E-state index in [1.807, 2.05) is 37.6 Å². The summed E-state index contributed by atoms with van der Waals surface area (Å²) >= 11 is 3.42. The van der Waals surface area contributed by atoms with Gasteiger partial charge in [-0.05, 0) is 42.3 Å². The van der Waals surface area contributed by atoms with E-state index in [0.717, 1.165) is 16.7 Å². The Morgan fingerprint density at radius 3 is 2.85 bits per heavy atom. The predicted octanol–water partition coefficient (Wildman–Crippen LogP) is 3.44. The predicted molar refractivity (Wildman–Crippen MR) is 81.6 cm³/mol. The van der Waals surface area contributed by atoms with Crippen LogP contribution in [0.2, 0.25) is 0 Å². The summed E-state index contributed by atoms with van der Waals surface area (Å²) < 4.78 is 2.86. The van der Waals surface area contributed by atoms with Gasteiger partial charge in [0.2, 0.25) is 0 Å². The van der Waals surface area contributed by atoms with Crippen molar-refractivity contribution in [3.8, 4) is 0 Å². The standard InChI is InChI=1S/C14H19BrN4O/c1-4-11(13-16-5-6-17-13)18-14(20)12-7-10(15)8-19(12)9(2)3/h5-9,11H,4H2,1-3H3,(H,16,17)(H,18,20). The quantitative estimate of drug-likeness (QED) is 0.877. The van der Waals surface area contributed by atoms with Gasteiger partial charge in [-0.1, -0.05) is 6.92 Å². The largest absolute Gasteiger partial charge is 0.347 e. The average Bonchev–Trinajstić information content (AvgIpc) is 3.04. The first kappa shape index (κ1) is 14.8. The number of amides is 1. The number of aromatic nitrogens is 3. The lowest BCUT2D eigenvalue weighted by atomic mass is 10.2. The zero-order chi connectivity index (χ0) is 14.7. The number of hydrogen-bond donors (Lipinski definition) is 2. The Labute approximate surface area is 126 Å². The molecular formula is C14H19BrN4O. The first-order valence-electron chi connectivity index (χ1n) is 6.70. The highest BCUT2D eigenvalue weighted by molar-refractivity contribution is 9.10. The van der Waals surface area contributed by atoms with E-state index in [2.05, 4.69) is 31.2 Å². The van der Waals surface area contributed by atoms with E-state index in [-0.39, 0.29) is 18.0 Å². The van der Waals surface area contributed by atoms with Gasteiger partial charge in [0.05, 0.1) is 6.04 Å². The Bertz CT molecular complexity index is 574. The van der Waals surface area contributed by atoms with Crippen LogP contribution in [0.15, 0.2) is 29.1 Å². The monoisotopic (exact) mass is 338 g/mol. The van der Waals surface area contributed by atoms with Crippen molar-refractivity contribution in [3.05, 3.63) is 40.6 Å². The molecule has 2 N–H and O–H groups in total. The summed E-state index contributed by atoms with van der Waals surface area (Å²) in [5.41, 5.74) is 0.650. The number of nitrogens with one attached hydrogen (secondary N) is 2. The van der Waals surface area contributed by atoms with Crippen LogP contribution in [0.1, 0.15) is 55.6 Å². The highest BCUT2D eigenvalue weighted by atomic mass is 79.9. The van der Waals surface area contributed by atoms with Gasteiger partial charge in [-0.15, -0.1) is 0 Å². The molecule has 0 radical (unpaired) electrons. The first-order valence-corrected chi connectivity index (χ1v) is 7.49. The Morgan fingerprint density at radius 1 is 1.55 bits per heavy atom. The highest BCUT2D eigenvalue weighted by Crippen LogP contribution is 2.20. The van der Waals surface area contributed by atoms with Gasteiger partial charge in [-0.2, -0.15) is 0 Å². The summed E-state index contributed by atoms with van der Waals surface area (Å²) in [5.74, 6) is 0.690. The lowest BCUT2D eigenvalue weighted by Crippen LogP contribution is -2.30. The Kier molecular flexibility index (Phi) is 4.65. The van der Waals surface area contributed by atoms with E-state index in [1.54, 1.807) is 12.4 Å². The molecule has 0 saturated heterocycles. The molecule has 6 heteroatoms. The number of H-pyrrole nitrogens is 1. The summed E-state index contributed by atoms with van der Waals surface area (Å²) in [5, 5.41) is 3.02. The molecule has 2 rings (SSSR count). The second-order valence-corrected chi connectivity index (χ2v) is 5.87. The van der Waals surface area contributed by atoms with Crippen LogP contribution >= 0.6 is 15.9 Å². The van der Waals surface area contributed by atoms with Gasteiger partial charge in [0.25, 0.3) is 5.91 Å². The van der Waals surface area contributed by atoms with Gasteiger partial charge in [0.1, 0.15) is 11.5 Å². The second kappa shape index (κ2) is 6.26. The fourth-order valence-corrected chi connectivity index (χ4v) is 2.56. The number of rotatable bonds is 5. The van der Waals surface area contributed by atoms with Crippen molar-refractivity contribution in [1.29, 1.82) is 0 Å². The van der Waals surface area contributed by atoms with Gasteiger partial charge in [-0.25, -0.2) is 4.98 Å². The molecule has 0 aliphatic carbocycles. The molecule has 1 unspecified atom stereocenters. The van der Waals surface area contributed by atoms with Crippen LogP contribution in [-0.4, -0.2) is 20.4 Å². The van der Waals surface area contributed by atoms with E-state index in [4.69, 9.17) is 0 Å². The number of carbonyl (C=O) groups excluding carboxylic acids is 1. The van der Waals surface area contributed by atoms with Gasteiger partial charge >= 0.3 is 0 Å². The number of aromatic amines is 1. The van der Waals surface area contributed by atoms with Crippen molar-refractivity contribution in [1.82, 2.24) is 19.9 Å². The third kappa shape index (κ3) is 3.12. The third-order valence-corrected chi connectivity index (χ3v) is 3.60. The average molecular weight is 339 g/mol. The minimum atomic E-state index is -0.105. The molecule has 0 fully saturated rings. The number of halogens is 1. The lowest BCUT2D eigenvalue weighted by Gasteiger charge is -2.17. The summed E-state index contributed by atoms with van der Waals surface area (Å²) in [4.78, 5) is 19.7. The maximum absolute atomic E-state index is 12.5. The Morgan fingerprint density at radius 2 is 2.30 bits per heavy atom. The molecule has 5 nitrogen and oxygen atoms in total. The van der Waals surface area contributed by atoms with Gasteiger partial charge in [0, 0.05) is 29.1 Å². The maximum atomic E-state index is 12.5. The highest BCUT2D eigenvalue weighted by Gasteiger charge is 2.19. The molecule has 108 valence electrons. The van der Waals surface area contributed by atoms with Crippen molar-refractivity contribution in [2.75, 3.05) is 0 Å². The van der Waals surface area contributed by atoms with Crippen LogP contribution < -0.4 is 5.32 Å². The molecule has 0 aromatic carbocycles. The van der Waals surface area contributed by atoms with Crippen LogP contribution in [0.4, 0.5) is 0 Å². The molecule has 0 bridgehead atoms. The number of hydrogen-bond acceptors (Lipinski definition) is 2. The summed E-state index contributed by atoms with van der Waals surface area (Å²) in [6, 6.07) is 1.96. The Hall–Kier alpha value is -1.56. The molecule has 2 heterocycles. The number of nitrogens with zero attached hydrogens (tertiary/aromatic N) is 2. The zero-order valence-electron chi connectivity index (χ0n) is 11.9. The third-order valence-electron chi connectivity index (χ3n) is 3.17. The molecule has 20 heavy (non-hydrogen) atoms. The van der Waals surface area contributed by atoms with Crippen LogP contribution in [0.25, 0.3) is 0 Å². The fourth-order valence-electron chi connectivity index (χ4n) is 2.12. The molecule has 0 aliphatic heterocycles. The minimum Gasteiger partial charge on any atom is -0.347 e. The maximum Gasteiger partial charge on any atom is 0.268 e. The van der Waals surface area contributed by atoms with Gasteiger partial charge < -0.3 is 14.9 Å². The van der Waals surface area contributed by atoms with Crippen LogP contribution in [0.5, 0.6) is 0 Å². The number of imidazole rings is 1. The van der Waals surface area contributed by atoms with Crippen molar-refractivity contribution < 1.29 is 4.79 Å². The smallest absolute Gasteiger partial charge is 0.268 e. The molecular weight excluding hydrogens is 320 g/mol. The van der Waals surface area contributed by atoms with E-state index in [9.17, 15) is 4.79 Å². The van der Waals surface area contributed by atoms with Crippen LogP contribution in [0, 0.1) is 0 Å². The molecule has 2 aromatic rings. The molecule has 0 aliphatic rings. The molecule has 1 atom stereocenters. The first-order chi connectivity index (χ1) is 9.52. The van der Waals surface area contributed by atoms with Crippen molar-refractivity contribution in [2.45, 2.75) is 39.3 Å². The van der Waals surface area contributed by atoms with Gasteiger partial charge in [-0.3, -0.25) is 4.79 Å². The normalized spacial score (nSPS) is 12.7. The van der Waals surface area contributed by atoms with Crippen molar-refractivity contribution in [3.63, 3.8) is 0 Å². The second-order valence-electron chi connectivity index (χ2n) is 4.95. The molecule has 1 amide bonds. The van der Waals surface area contributed by atoms with Crippen LogP contribution in [0.3, 0.4) is 0 Å².